The molecule has 1 aliphatic rings. The van der Waals surface area contributed by atoms with Crippen molar-refractivity contribution in [2.24, 2.45) is 5.41 Å². The average molecular weight is 878 g/mol. The van der Waals surface area contributed by atoms with E-state index >= 15 is 0 Å². The molecule has 3 heterocycles. The maximum Gasteiger partial charge on any atom is 0.246 e. The van der Waals surface area contributed by atoms with Crippen molar-refractivity contribution in [2.45, 2.75) is 65.3 Å². The SMILES string of the molecule is Cc1ncsc1-c1ccc(CNC(=O)[C@@H]2C[C@@H](O)CN2C(=O)[C@@H](NC(=O)CCOCCOCCOCCNc2ccc(-c3nc4cc(Cl)ccc4s3)cc2)C(C)(C)C)cc1. The molecular weight excluding hydrogens is 824 g/mol. The quantitative estimate of drug-likeness (QED) is 0.0619. The summed E-state index contributed by atoms with van der Waals surface area (Å²) in [5.74, 6) is -1.11. The number of fused-ring (bicyclic) bond motifs is 1. The van der Waals surface area contributed by atoms with Crippen molar-refractivity contribution < 1.29 is 33.7 Å². The first-order valence-electron chi connectivity index (χ1n) is 20.0. The van der Waals surface area contributed by atoms with Crippen LogP contribution in [0.1, 0.15) is 44.9 Å². The van der Waals surface area contributed by atoms with Gasteiger partial charge in [-0.25, -0.2) is 9.97 Å². The van der Waals surface area contributed by atoms with Crippen LogP contribution in [0.2, 0.25) is 5.02 Å². The number of aromatic nitrogens is 2. The lowest BCUT2D eigenvalue weighted by atomic mass is 9.85. The van der Waals surface area contributed by atoms with Crippen LogP contribution < -0.4 is 16.0 Å². The van der Waals surface area contributed by atoms with E-state index in [-0.39, 0.29) is 44.4 Å². The molecule has 0 aliphatic carbocycles. The highest BCUT2D eigenvalue weighted by atomic mass is 35.5. The molecule has 1 saturated heterocycles. The Morgan fingerprint density at radius 2 is 1.62 bits per heavy atom. The highest BCUT2D eigenvalue weighted by molar-refractivity contribution is 7.21. The summed E-state index contributed by atoms with van der Waals surface area (Å²) in [5, 5.41) is 21.3. The zero-order chi connectivity index (χ0) is 42.6. The second kappa shape index (κ2) is 21.4. The number of aliphatic hydroxyl groups excluding tert-OH is 1. The fourth-order valence-electron chi connectivity index (χ4n) is 6.74. The Morgan fingerprint density at radius 3 is 2.30 bits per heavy atom. The highest BCUT2D eigenvalue weighted by Crippen LogP contribution is 2.32. The molecule has 1 aliphatic heterocycles. The number of ether oxygens (including phenoxy) is 3. The number of thiazole rings is 2. The Hall–Kier alpha value is -4.48. The van der Waals surface area contributed by atoms with Crippen LogP contribution >= 0.6 is 34.3 Å². The predicted molar refractivity (Wildman–Crippen MR) is 237 cm³/mol. The van der Waals surface area contributed by atoms with E-state index < -0.39 is 29.5 Å². The Kier molecular flexibility index (Phi) is 16.0. The number of carbonyl (C=O) groups is 3. The molecule has 4 N–H and O–H groups in total. The monoisotopic (exact) mass is 876 g/mol. The minimum atomic E-state index is -0.913. The van der Waals surface area contributed by atoms with Crippen molar-refractivity contribution in [3.8, 4) is 21.0 Å². The smallest absolute Gasteiger partial charge is 0.246 e. The van der Waals surface area contributed by atoms with Crippen LogP contribution in [-0.2, 0) is 35.1 Å². The van der Waals surface area contributed by atoms with Crippen LogP contribution in [0.15, 0.2) is 72.2 Å². The zero-order valence-electron chi connectivity index (χ0n) is 34.4. The Labute approximate surface area is 363 Å². The molecule has 0 spiro atoms. The van der Waals surface area contributed by atoms with Gasteiger partial charge in [0, 0.05) is 48.7 Å². The van der Waals surface area contributed by atoms with Crippen LogP contribution in [0.4, 0.5) is 5.69 Å². The molecule has 16 heteroatoms. The normalized spacial score (nSPS) is 15.9. The molecule has 0 radical (unpaired) electrons. The van der Waals surface area contributed by atoms with Crippen LogP contribution in [0.25, 0.3) is 31.2 Å². The van der Waals surface area contributed by atoms with Gasteiger partial charge >= 0.3 is 0 Å². The Bertz CT molecular complexity index is 2190. The maximum atomic E-state index is 13.9. The van der Waals surface area contributed by atoms with Gasteiger partial charge in [0.2, 0.25) is 17.7 Å². The summed E-state index contributed by atoms with van der Waals surface area (Å²) in [7, 11) is 0. The molecule has 5 aromatic rings. The van der Waals surface area contributed by atoms with E-state index in [4.69, 9.17) is 30.8 Å². The standard InChI is InChI=1S/C44H53ClN6O7S2/c1-28-39(59-27-48-28)30-7-5-29(6-8-30)25-47-41(54)36-24-34(52)26-51(36)43(55)40(44(2,3)4)50-38(53)15-17-56-19-21-58-22-20-57-18-16-46-33-12-9-31(10-13-33)42-49-35-23-32(45)11-14-37(35)60-42/h5-14,23,27,34,36,40,46,52H,15-22,24-26H2,1-4H3,(H,47,54)(H,50,53)/t34-,36+,40-/m1/s1. The second-order valence-electron chi connectivity index (χ2n) is 15.7. The third-order valence-electron chi connectivity index (χ3n) is 9.99. The molecule has 2 aromatic heterocycles. The minimum absolute atomic E-state index is 0.00581. The number of aryl methyl sites for hydroxylation is 1. The van der Waals surface area contributed by atoms with Gasteiger partial charge in [-0.3, -0.25) is 14.4 Å². The average Bonchev–Trinajstić information content (AvgIpc) is 3.97. The lowest BCUT2D eigenvalue weighted by Gasteiger charge is -2.35. The number of aliphatic hydroxyl groups is 1. The number of carbonyl (C=O) groups excluding carboxylic acids is 3. The number of hydrogen-bond donors (Lipinski definition) is 4. The van der Waals surface area contributed by atoms with Gasteiger partial charge in [0.15, 0.2) is 0 Å². The minimum Gasteiger partial charge on any atom is -0.391 e. The second-order valence-corrected chi connectivity index (χ2v) is 18.0. The molecule has 0 unspecified atom stereocenters. The van der Waals surface area contributed by atoms with Crippen molar-refractivity contribution in [3.05, 3.63) is 88.5 Å². The maximum absolute atomic E-state index is 13.9. The molecule has 1 fully saturated rings. The van der Waals surface area contributed by atoms with E-state index in [9.17, 15) is 19.5 Å². The van der Waals surface area contributed by atoms with Crippen molar-refractivity contribution in [1.82, 2.24) is 25.5 Å². The summed E-state index contributed by atoms with van der Waals surface area (Å²) in [5.41, 5.74) is 7.03. The van der Waals surface area contributed by atoms with Crippen molar-refractivity contribution in [3.63, 3.8) is 0 Å². The number of nitrogens with one attached hydrogen (secondary N) is 3. The summed E-state index contributed by atoms with van der Waals surface area (Å²) >= 11 is 9.32. The molecule has 0 bridgehead atoms. The van der Waals surface area contributed by atoms with E-state index in [2.05, 4.69) is 20.9 Å². The Balaban J connectivity index is 0.831. The molecule has 0 saturated carbocycles. The summed E-state index contributed by atoms with van der Waals surface area (Å²) < 4.78 is 18.0. The number of rotatable bonds is 20. The molecule has 3 atom stereocenters. The van der Waals surface area contributed by atoms with Crippen molar-refractivity contribution >= 4 is 67.9 Å². The van der Waals surface area contributed by atoms with Gasteiger partial charge in [-0.1, -0.05) is 56.6 Å². The zero-order valence-corrected chi connectivity index (χ0v) is 36.8. The molecule has 13 nitrogen and oxygen atoms in total. The van der Waals surface area contributed by atoms with Crippen LogP contribution in [0.3, 0.4) is 0 Å². The van der Waals surface area contributed by atoms with Gasteiger partial charge in [0.25, 0.3) is 0 Å². The van der Waals surface area contributed by atoms with Crippen LogP contribution in [-0.4, -0.2) is 109 Å². The number of likely N-dealkylation sites (tertiary alicyclic amines) is 1. The van der Waals surface area contributed by atoms with Crippen molar-refractivity contribution in [1.29, 1.82) is 0 Å². The topological polar surface area (TPSA) is 164 Å². The number of nitrogens with zero attached hydrogens (tertiary/aromatic N) is 3. The number of benzene rings is 3. The van der Waals surface area contributed by atoms with Crippen LogP contribution in [0.5, 0.6) is 0 Å². The highest BCUT2D eigenvalue weighted by Gasteiger charge is 2.44. The molecule has 6 rings (SSSR count). The lowest BCUT2D eigenvalue weighted by molar-refractivity contribution is -0.144. The number of amides is 3. The molecule has 320 valence electrons. The number of β-amino-alcohol motifs (C(OH)–C–C–N with tert-alkyl or cyclic N) is 1. The van der Waals surface area contributed by atoms with Gasteiger partial charge in [0.1, 0.15) is 17.1 Å². The van der Waals surface area contributed by atoms with Gasteiger partial charge in [0.05, 0.1) is 72.0 Å². The van der Waals surface area contributed by atoms with Gasteiger partial charge < -0.3 is 40.2 Å². The predicted octanol–water partition coefficient (Wildman–Crippen LogP) is 6.71. The van der Waals surface area contributed by atoms with Gasteiger partial charge in [-0.2, -0.15) is 0 Å². The Morgan fingerprint density at radius 1 is 0.933 bits per heavy atom. The first-order valence-corrected chi connectivity index (χ1v) is 22.1. The van der Waals surface area contributed by atoms with E-state index in [1.54, 1.807) is 22.7 Å². The van der Waals surface area contributed by atoms with E-state index in [1.807, 2.05) is 99.9 Å². The summed E-state index contributed by atoms with van der Waals surface area (Å²) in [6, 6.07) is 20.0. The fourth-order valence-corrected chi connectivity index (χ4v) is 8.67. The molecule has 3 amide bonds. The number of anilines is 1. The molecular formula is C44H53ClN6O7S2. The summed E-state index contributed by atoms with van der Waals surface area (Å²) in [6.45, 7) is 10.6. The third-order valence-corrected chi connectivity index (χ3v) is 12.3. The van der Waals surface area contributed by atoms with E-state index in [1.165, 1.54) is 4.90 Å². The fraction of sp³-hybridized carbons (Fsp3) is 0.432. The van der Waals surface area contributed by atoms with Gasteiger partial charge in [-0.15, -0.1) is 22.7 Å². The number of halogens is 1. The largest absolute Gasteiger partial charge is 0.391 e. The van der Waals surface area contributed by atoms with Crippen LogP contribution in [0, 0.1) is 12.3 Å². The van der Waals surface area contributed by atoms with E-state index in [0.717, 1.165) is 48.2 Å². The first kappa shape index (κ1) is 45.1. The molecule has 3 aromatic carbocycles. The van der Waals surface area contributed by atoms with Crippen molar-refractivity contribution in [2.75, 3.05) is 58.0 Å². The number of hydrogen-bond acceptors (Lipinski definition) is 12. The first-order chi connectivity index (χ1) is 28.9. The summed E-state index contributed by atoms with van der Waals surface area (Å²) in [4.78, 5) is 51.8. The summed E-state index contributed by atoms with van der Waals surface area (Å²) in [6.07, 6.45) is -0.690. The van der Waals surface area contributed by atoms with E-state index in [0.29, 0.717) is 44.6 Å². The van der Waals surface area contributed by atoms with Gasteiger partial charge in [-0.05, 0) is 65.9 Å². The molecule has 60 heavy (non-hydrogen) atoms. The third kappa shape index (κ3) is 12.5. The lowest BCUT2D eigenvalue weighted by Crippen LogP contribution is -2.57.